The largest absolute Gasteiger partial charge is 0.369 e. The Hall–Kier alpha value is -1.35. The molecule has 0 fully saturated rings. The van der Waals surface area contributed by atoms with Crippen molar-refractivity contribution in [3.8, 4) is 0 Å². The van der Waals surface area contributed by atoms with Crippen molar-refractivity contribution in [2.75, 3.05) is 0 Å². The number of nitrogens with one attached hydrogen (secondary N) is 1. The normalized spacial score (nSPS) is 20.5. The van der Waals surface area contributed by atoms with E-state index in [-0.39, 0.29) is 5.91 Å². The standard InChI is InChI=1S/C9H9NO2/c1-5-2-3-6-7(4-5)9(12)10-8(6)11/h2-4,8,11H,1H3,(H,10,12). The maximum Gasteiger partial charge on any atom is 0.253 e. The number of aryl methyl sites for hydroxylation is 1. The summed E-state index contributed by atoms with van der Waals surface area (Å²) in [6.45, 7) is 1.91. The van der Waals surface area contributed by atoms with E-state index in [9.17, 15) is 9.90 Å². The van der Waals surface area contributed by atoms with Crippen molar-refractivity contribution >= 4 is 5.91 Å². The van der Waals surface area contributed by atoms with Gasteiger partial charge in [0.15, 0.2) is 6.23 Å². The van der Waals surface area contributed by atoms with Crippen LogP contribution < -0.4 is 5.32 Å². The third-order valence-corrected chi connectivity index (χ3v) is 2.02. The Morgan fingerprint density at radius 1 is 1.50 bits per heavy atom. The predicted molar refractivity (Wildman–Crippen MR) is 43.6 cm³/mol. The lowest BCUT2D eigenvalue weighted by molar-refractivity contribution is 0.0850. The fourth-order valence-electron chi connectivity index (χ4n) is 1.38. The van der Waals surface area contributed by atoms with E-state index in [1.165, 1.54) is 0 Å². The average molecular weight is 163 g/mol. The minimum absolute atomic E-state index is 0.193. The summed E-state index contributed by atoms with van der Waals surface area (Å²) in [5.74, 6) is -0.193. The van der Waals surface area contributed by atoms with Crippen molar-refractivity contribution in [2.24, 2.45) is 0 Å². The second-order valence-electron chi connectivity index (χ2n) is 2.97. The number of aliphatic hydroxyl groups excluding tert-OH is 1. The molecule has 0 spiro atoms. The van der Waals surface area contributed by atoms with Crippen LogP contribution in [0.4, 0.5) is 0 Å². The summed E-state index contributed by atoms with van der Waals surface area (Å²) in [5.41, 5.74) is 2.28. The van der Waals surface area contributed by atoms with Crippen LogP contribution in [0, 0.1) is 6.92 Å². The van der Waals surface area contributed by atoms with Gasteiger partial charge in [0.2, 0.25) is 0 Å². The van der Waals surface area contributed by atoms with E-state index in [0.29, 0.717) is 11.1 Å². The monoisotopic (exact) mass is 163 g/mol. The topological polar surface area (TPSA) is 49.3 Å². The first-order valence-electron chi connectivity index (χ1n) is 3.78. The number of hydrogen-bond donors (Lipinski definition) is 2. The number of amides is 1. The Morgan fingerprint density at radius 3 is 3.00 bits per heavy atom. The zero-order valence-corrected chi connectivity index (χ0v) is 6.66. The van der Waals surface area contributed by atoms with Crippen LogP contribution in [0.5, 0.6) is 0 Å². The van der Waals surface area contributed by atoms with Gasteiger partial charge in [-0.25, -0.2) is 0 Å². The lowest BCUT2D eigenvalue weighted by Gasteiger charge is -2.01. The third kappa shape index (κ3) is 0.905. The van der Waals surface area contributed by atoms with Crippen LogP contribution >= 0.6 is 0 Å². The second-order valence-corrected chi connectivity index (χ2v) is 2.97. The number of rotatable bonds is 0. The maximum absolute atomic E-state index is 11.2. The molecule has 3 nitrogen and oxygen atoms in total. The van der Waals surface area contributed by atoms with Crippen molar-refractivity contribution in [3.05, 3.63) is 34.9 Å². The van der Waals surface area contributed by atoms with E-state index in [1.807, 2.05) is 13.0 Å². The lowest BCUT2D eigenvalue weighted by atomic mass is 10.1. The van der Waals surface area contributed by atoms with E-state index < -0.39 is 6.23 Å². The van der Waals surface area contributed by atoms with Crippen LogP contribution in [0.2, 0.25) is 0 Å². The van der Waals surface area contributed by atoms with Crippen molar-refractivity contribution in [1.29, 1.82) is 0 Å². The minimum atomic E-state index is -0.826. The summed E-state index contributed by atoms with van der Waals surface area (Å²) in [7, 11) is 0. The highest BCUT2D eigenvalue weighted by Crippen LogP contribution is 2.23. The number of aliphatic hydroxyl groups is 1. The molecule has 1 aromatic rings. The molecule has 0 bridgehead atoms. The Balaban J connectivity index is 2.60. The van der Waals surface area contributed by atoms with Crippen LogP contribution in [0.25, 0.3) is 0 Å². The van der Waals surface area contributed by atoms with Crippen LogP contribution in [0.1, 0.15) is 27.7 Å². The van der Waals surface area contributed by atoms with Crippen molar-refractivity contribution < 1.29 is 9.90 Å². The first-order valence-corrected chi connectivity index (χ1v) is 3.78. The second kappa shape index (κ2) is 2.32. The number of fused-ring (bicyclic) bond motifs is 1. The molecule has 1 aliphatic rings. The van der Waals surface area contributed by atoms with Crippen LogP contribution in [-0.4, -0.2) is 11.0 Å². The number of benzene rings is 1. The van der Waals surface area contributed by atoms with E-state index >= 15 is 0 Å². The SMILES string of the molecule is Cc1ccc2c(c1)C(=O)NC2O. The number of hydrogen-bond acceptors (Lipinski definition) is 2. The van der Waals surface area contributed by atoms with Crippen molar-refractivity contribution in [1.82, 2.24) is 5.32 Å². The van der Waals surface area contributed by atoms with Crippen molar-refractivity contribution in [2.45, 2.75) is 13.2 Å². The van der Waals surface area contributed by atoms with Gasteiger partial charge >= 0.3 is 0 Å². The zero-order chi connectivity index (χ0) is 8.72. The highest BCUT2D eigenvalue weighted by atomic mass is 16.3. The van der Waals surface area contributed by atoms with E-state index in [4.69, 9.17) is 0 Å². The van der Waals surface area contributed by atoms with Gasteiger partial charge in [0, 0.05) is 11.1 Å². The van der Waals surface area contributed by atoms with Gasteiger partial charge in [-0.3, -0.25) is 4.79 Å². The smallest absolute Gasteiger partial charge is 0.253 e. The van der Waals surface area contributed by atoms with Gasteiger partial charge in [-0.15, -0.1) is 0 Å². The Bertz CT molecular complexity index is 346. The average Bonchev–Trinajstić information content (AvgIpc) is 2.28. The molecule has 1 amide bonds. The van der Waals surface area contributed by atoms with Gasteiger partial charge in [-0.05, 0) is 13.0 Å². The predicted octanol–water partition coefficient (Wildman–Crippen LogP) is 0.729. The van der Waals surface area contributed by atoms with E-state index in [0.717, 1.165) is 5.56 Å². The molecular weight excluding hydrogens is 154 g/mol. The minimum Gasteiger partial charge on any atom is -0.369 e. The van der Waals surface area contributed by atoms with Gasteiger partial charge < -0.3 is 10.4 Å². The van der Waals surface area contributed by atoms with Gasteiger partial charge in [0.1, 0.15) is 0 Å². The van der Waals surface area contributed by atoms with Gasteiger partial charge in [-0.1, -0.05) is 17.7 Å². The maximum atomic E-state index is 11.2. The first kappa shape index (κ1) is 7.31. The molecule has 0 radical (unpaired) electrons. The lowest BCUT2D eigenvalue weighted by Crippen LogP contribution is -2.17. The van der Waals surface area contributed by atoms with Gasteiger partial charge in [0.25, 0.3) is 5.91 Å². The summed E-state index contributed by atoms with van der Waals surface area (Å²) in [5, 5.41) is 11.7. The molecule has 2 rings (SSSR count). The molecule has 0 saturated heterocycles. The number of carbonyl (C=O) groups excluding carboxylic acids is 1. The molecule has 1 unspecified atom stereocenters. The summed E-state index contributed by atoms with van der Waals surface area (Å²) in [6, 6.07) is 5.43. The van der Waals surface area contributed by atoms with E-state index in [1.54, 1.807) is 12.1 Å². The summed E-state index contributed by atoms with van der Waals surface area (Å²) < 4.78 is 0. The Kier molecular flexibility index (Phi) is 1.41. The fourth-order valence-corrected chi connectivity index (χ4v) is 1.38. The number of carbonyl (C=O) groups is 1. The molecule has 0 saturated carbocycles. The molecule has 1 heterocycles. The molecule has 3 heteroatoms. The van der Waals surface area contributed by atoms with Gasteiger partial charge in [-0.2, -0.15) is 0 Å². The Labute approximate surface area is 70.0 Å². The molecule has 0 aromatic heterocycles. The van der Waals surface area contributed by atoms with Gasteiger partial charge in [0.05, 0.1) is 0 Å². The summed E-state index contributed by atoms with van der Waals surface area (Å²) in [6.07, 6.45) is -0.826. The summed E-state index contributed by atoms with van der Waals surface area (Å²) in [4.78, 5) is 11.2. The molecular formula is C9H9NO2. The molecule has 2 N–H and O–H groups in total. The third-order valence-electron chi connectivity index (χ3n) is 2.02. The van der Waals surface area contributed by atoms with Crippen LogP contribution in [-0.2, 0) is 0 Å². The van der Waals surface area contributed by atoms with Crippen molar-refractivity contribution in [3.63, 3.8) is 0 Å². The quantitative estimate of drug-likeness (QED) is 0.592. The highest BCUT2D eigenvalue weighted by Gasteiger charge is 2.25. The van der Waals surface area contributed by atoms with E-state index in [2.05, 4.69) is 5.32 Å². The van der Waals surface area contributed by atoms with Crippen LogP contribution in [0.15, 0.2) is 18.2 Å². The summed E-state index contributed by atoms with van der Waals surface area (Å²) >= 11 is 0. The molecule has 12 heavy (non-hydrogen) atoms. The molecule has 1 aromatic carbocycles. The first-order chi connectivity index (χ1) is 5.68. The molecule has 1 aliphatic heterocycles. The molecule has 1 atom stereocenters. The highest BCUT2D eigenvalue weighted by molar-refractivity contribution is 5.99. The zero-order valence-electron chi connectivity index (χ0n) is 6.66. The Morgan fingerprint density at radius 2 is 2.25 bits per heavy atom. The fraction of sp³-hybridized carbons (Fsp3) is 0.222. The molecule has 0 aliphatic carbocycles. The van der Waals surface area contributed by atoms with Crippen LogP contribution in [0.3, 0.4) is 0 Å². The molecule has 62 valence electrons.